The van der Waals surface area contributed by atoms with Crippen LogP contribution in [0, 0.1) is 22.7 Å². The highest BCUT2D eigenvalue weighted by atomic mass is 16.1. The average molecular weight is 213 g/mol. The average Bonchev–Trinajstić information content (AvgIpc) is 2.35. The molecule has 1 N–H and O–H groups in total. The van der Waals surface area contributed by atoms with E-state index in [1.807, 2.05) is 19.1 Å². The van der Waals surface area contributed by atoms with Gasteiger partial charge < -0.3 is 5.32 Å². The molecule has 0 saturated heterocycles. The summed E-state index contributed by atoms with van der Waals surface area (Å²) in [4.78, 5) is 11.7. The summed E-state index contributed by atoms with van der Waals surface area (Å²) < 4.78 is 0. The van der Waals surface area contributed by atoms with Gasteiger partial charge in [0.05, 0.1) is 17.7 Å². The number of hydrogen-bond donors (Lipinski definition) is 1. The monoisotopic (exact) mass is 213 g/mol. The maximum Gasteiger partial charge on any atom is 0.252 e. The van der Waals surface area contributed by atoms with Gasteiger partial charge in [-0.25, -0.2) is 0 Å². The van der Waals surface area contributed by atoms with E-state index in [9.17, 15) is 4.79 Å². The molecule has 1 rings (SSSR count). The standard InChI is InChI=1S/C12H11N3O/c1-2-11(8-14)15-12(16)10-5-3-4-9(6-10)7-13/h3-6,11H,2H2,1H3,(H,15,16). The zero-order valence-electron chi connectivity index (χ0n) is 8.90. The second kappa shape index (κ2) is 5.53. The summed E-state index contributed by atoms with van der Waals surface area (Å²) >= 11 is 0. The van der Waals surface area contributed by atoms with E-state index in [1.54, 1.807) is 18.2 Å². The number of nitrogens with zero attached hydrogens (tertiary/aromatic N) is 2. The van der Waals surface area contributed by atoms with Gasteiger partial charge in [0.2, 0.25) is 0 Å². The van der Waals surface area contributed by atoms with Crippen LogP contribution in [0.3, 0.4) is 0 Å². The van der Waals surface area contributed by atoms with Crippen LogP contribution in [0.15, 0.2) is 24.3 Å². The number of hydrogen-bond acceptors (Lipinski definition) is 3. The number of nitrogens with one attached hydrogen (secondary N) is 1. The fraction of sp³-hybridized carbons (Fsp3) is 0.250. The summed E-state index contributed by atoms with van der Waals surface area (Å²) in [6.45, 7) is 1.82. The van der Waals surface area contributed by atoms with Crippen LogP contribution < -0.4 is 5.32 Å². The van der Waals surface area contributed by atoms with Gasteiger partial charge >= 0.3 is 0 Å². The molecule has 0 saturated carbocycles. The lowest BCUT2D eigenvalue weighted by molar-refractivity contribution is 0.0944. The van der Waals surface area contributed by atoms with Crippen molar-refractivity contribution in [2.24, 2.45) is 0 Å². The van der Waals surface area contributed by atoms with Crippen LogP contribution in [0.25, 0.3) is 0 Å². The lowest BCUT2D eigenvalue weighted by Gasteiger charge is -2.08. The van der Waals surface area contributed by atoms with Crippen molar-refractivity contribution in [3.8, 4) is 12.1 Å². The molecule has 16 heavy (non-hydrogen) atoms. The molecule has 0 radical (unpaired) electrons. The van der Waals surface area contributed by atoms with Crippen LogP contribution in [-0.4, -0.2) is 11.9 Å². The van der Waals surface area contributed by atoms with Crippen LogP contribution in [-0.2, 0) is 0 Å². The number of amides is 1. The van der Waals surface area contributed by atoms with Crippen LogP contribution >= 0.6 is 0 Å². The minimum absolute atomic E-state index is 0.328. The van der Waals surface area contributed by atoms with E-state index in [0.717, 1.165) is 0 Å². The lowest BCUT2D eigenvalue weighted by atomic mass is 10.1. The third kappa shape index (κ3) is 2.83. The third-order valence-corrected chi connectivity index (χ3v) is 2.12. The minimum atomic E-state index is -0.488. The topological polar surface area (TPSA) is 76.7 Å². The summed E-state index contributed by atoms with van der Waals surface area (Å²) in [5.74, 6) is -0.328. The summed E-state index contributed by atoms with van der Waals surface area (Å²) in [5, 5.41) is 20.0. The summed E-state index contributed by atoms with van der Waals surface area (Å²) in [7, 11) is 0. The Morgan fingerprint density at radius 3 is 2.81 bits per heavy atom. The molecular formula is C12H11N3O. The van der Waals surface area contributed by atoms with E-state index in [1.165, 1.54) is 6.07 Å². The van der Waals surface area contributed by atoms with Gasteiger partial charge in [0.25, 0.3) is 5.91 Å². The van der Waals surface area contributed by atoms with Crippen LogP contribution in [0.5, 0.6) is 0 Å². The fourth-order valence-corrected chi connectivity index (χ4v) is 1.20. The van der Waals surface area contributed by atoms with Gasteiger partial charge in [0, 0.05) is 5.56 Å². The fourth-order valence-electron chi connectivity index (χ4n) is 1.20. The van der Waals surface area contributed by atoms with Gasteiger partial charge in [-0.15, -0.1) is 0 Å². The van der Waals surface area contributed by atoms with Crippen molar-refractivity contribution in [1.82, 2.24) is 5.32 Å². The maximum absolute atomic E-state index is 11.7. The van der Waals surface area contributed by atoms with E-state index in [0.29, 0.717) is 17.5 Å². The van der Waals surface area contributed by atoms with Gasteiger partial charge in [-0.05, 0) is 24.6 Å². The van der Waals surface area contributed by atoms with E-state index in [-0.39, 0.29) is 5.91 Å². The van der Waals surface area contributed by atoms with E-state index >= 15 is 0 Å². The molecule has 80 valence electrons. The van der Waals surface area contributed by atoms with Crippen molar-refractivity contribution >= 4 is 5.91 Å². The lowest BCUT2D eigenvalue weighted by Crippen LogP contribution is -2.33. The first-order chi connectivity index (χ1) is 7.71. The van der Waals surface area contributed by atoms with Crippen molar-refractivity contribution in [3.05, 3.63) is 35.4 Å². The van der Waals surface area contributed by atoms with E-state index in [4.69, 9.17) is 10.5 Å². The first-order valence-electron chi connectivity index (χ1n) is 4.92. The zero-order valence-corrected chi connectivity index (χ0v) is 8.90. The molecule has 0 aliphatic heterocycles. The minimum Gasteiger partial charge on any atom is -0.336 e. The molecule has 1 aromatic rings. The second-order valence-corrected chi connectivity index (χ2v) is 3.26. The normalized spacial score (nSPS) is 10.9. The molecule has 0 spiro atoms. The first kappa shape index (κ1) is 11.7. The Morgan fingerprint density at radius 1 is 1.50 bits per heavy atom. The van der Waals surface area contributed by atoms with Gasteiger partial charge in [-0.3, -0.25) is 4.79 Å². The Hall–Kier alpha value is -2.33. The Morgan fingerprint density at radius 2 is 2.25 bits per heavy atom. The maximum atomic E-state index is 11.7. The van der Waals surface area contributed by atoms with Crippen LogP contribution in [0.1, 0.15) is 29.3 Å². The molecule has 1 unspecified atom stereocenters. The molecule has 1 amide bonds. The molecule has 1 aromatic carbocycles. The van der Waals surface area contributed by atoms with Crippen molar-refractivity contribution in [2.45, 2.75) is 19.4 Å². The van der Waals surface area contributed by atoms with Gasteiger partial charge in [0.1, 0.15) is 6.04 Å². The first-order valence-corrected chi connectivity index (χ1v) is 4.92. The number of carbonyl (C=O) groups excluding carboxylic acids is 1. The molecule has 0 aromatic heterocycles. The summed E-state index contributed by atoms with van der Waals surface area (Å²) in [5.41, 5.74) is 0.824. The number of rotatable bonds is 3. The summed E-state index contributed by atoms with van der Waals surface area (Å²) in [6.07, 6.45) is 0.556. The van der Waals surface area contributed by atoms with Gasteiger partial charge in [0.15, 0.2) is 0 Å². The molecular weight excluding hydrogens is 202 g/mol. The largest absolute Gasteiger partial charge is 0.336 e. The van der Waals surface area contributed by atoms with E-state index in [2.05, 4.69) is 5.32 Å². The molecule has 0 heterocycles. The van der Waals surface area contributed by atoms with Crippen molar-refractivity contribution < 1.29 is 4.79 Å². The Labute approximate surface area is 94.1 Å². The highest BCUT2D eigenvalue weighted by molar-refractivity contribution is 5.94. The molecule has 1 atom stereocenters. The summed E-state index contributed by atoms with van der Waals surface area (Å²) in [6, 6.07) is 9.83. The van der Waals surface area contributed by atoms with Crippen molar-refractivity contribution in [1.29, 1.82) is 10.5 Å². The van der Waals surface area contributed by atoms with Gasteiger partial charge in [-0.1, -0.05) is 13.0 Å². The van der Waals surface area contributed by atoms with Crippen LogP contribution in [0.2, 0.25) is 0 Å². The molecule has 0 aliphatic rings. The number of carbonyl (C=O) groups is 1. The predicted octanol–water partition coefficient (Wildman–Crippen LogP) is 1.59. The Kier molecular flexibility index (Phi) is 4.06. The highest BCUT2D eigenvalue weighted by Crippen LogP contribution is 2.04. The predicted molar refractivity (Wildman–Crippen MR) is 58.3 cm³/mol. The number of nitriles is 2. The molecule has 0 bridgehead atoms. The smallest absolute Gasteiger partial charge is 0.252 e. The van der Waals surface area contributed by atoms with Crippen molar-refractivity contribution in [3.63, 3.8) is 0 Å². The van der Waals surface area contributed by atoms with E-state index < -0.39 is 6.04 Å². The van der Waals surface area contributed by atoms with Gasteiger partial charge in [-0.2, -0.15) is 10.5 Å². The number of benzene rings is 1. The van der Waals surface area contributed by atoms with Crippen molar-refractivity contribution in [2.75, 3.05) is 0 Å². The molecule has 0 fully saturated rings. The highest BCUT2D eigenvalue weighted by Gasteiger charge is 2.11. The second-order valence-electron chi connectivity index (χ2n) is 3.26. The molecule has 0 aliphatic carbocycles. The zero-order chi connectivity index (χ0) is 12.0. The quantitative estimate of drug-likeness (QED) is 0.828. The Bertz CT molecular complexity index is 468. The molecule has 4 heteroatoms. The third-order valence-electron chi connectivity index (χ3n) is 2.12. The van der Waals surface area contributed by atoms with Crippen LogP contribution in [0.4, 0.5) is 0 Å². The molecule has 4 nitrogen and oxygen atoms in total. The Balaban J connectivity index is 2.82. The SMILES string of the molecule is CCC(C#N)NC(=O)c1cccc(C#N)c1.